The third-order valence-corrected chi connectivity index (χ3v) is 8.71. The monoisotopic (exact) mass is 548 g/mol. The second kappa shape index (κ2) is 9.56. The highest BCUT2D eigenvalue weighted by Gasteiger charge is 2.40. The molecule has 4 rings (SSSR count). The van der Waals surface area contributed by atoms with Crippen LogP contribution in [0, 0.1) is 11.3 Å². The lowest BCUT2D eigenvalue weighted by atomic mass is 9.65. The summed E-state index contributed by atoms with van der Waals surface area (Å²) in [5.74, 6) is -2.09. The summed E-state index contributed by atoms with van der Waals surface area (Å²) in [6.45, 7) is 0.905. The van der Waals surface area contributed by atoms with Crippen molar-refractivity contribution in [3.63, 3.8) is 0 Å². The minimum absolute atomic E-state index is 0.000617. The van der Waals surface area contributed by atoms with Gasteiger partial charge in [-0.05, 0) is 68.0 Å². The molecular weight excluding hydrogens is 524 g/mol. The van der Waals surface area contributed by atoms with Crippen molar-refractivity contribution >= 4 is 31.7 Å². The van der Waals surface area contributed by atoms with E-state index in [4.69, 9.17) is 4.74 Å². The maximum atomic E-state index is 13.1. The van der Waals surface area contributed by atoms with Crippen LogP contribution in [0.15, 0.2) is 39.7 Å². The Kier molecular flexibility index (Phi) is 6.90. The Hall–Kier alpha value is -2.61. The standard InChI is InChI=1S/C24H25BrN2O6S/c25-17-4-5-20(28)21(11-17)34(31,32)13-15-9-16(24(14-26)6-2-7-24)10-19(22(15)29)23(30)27-12-18-3-1-8-33-18/h4-5,9-11,18,28-29H,1-3,6-8,12-13H2,(H,27,30). The molecule has 0 radical (unpaired) electrons. The van der Waals surface area contributed by atoms with E-state index >= 15 is 0 Å². The van der Waals surface area contributed by atoms with Gasteiger partial charge in [-0.3, -0.25) is 4.79 Å². The summed E-state index contributed by atoms with van der Waals surface area (Å²) in [6, 6.07) is 9.32. The van der Waals surface area contributed by atoms with Gasteiger partial charge in [0.25, 0.3) is 5.91 Å². The Morgan fingerprint density at radius 2 is 2.00 bits per heavy atom. The highest BCUT2D eigenvalue weighted by Crippen LogP contribution is 2.45. The summed E-state index contributed by atoms with van der Waals surface area (Å²) in [5, 5.41) is 33.6. The van der Waals surface area contributed by atoms with Crippen LogP contribution in [-0.4, -0.2) is 43.8 Å². The molecule has 2 fully saturated rings. The Bertz CT molecular complexity index is 1260. The molecule has 1 amide bonds. The van der Waals surface area contributed by atoms with Crippen molar-refractivity contribution < 1.29 is 28.2 Å². The van der Waals surface area contributed by atoms with E-state index in [1.54, 1.807) is 0 Å². The fourth-order valence-electron chi connectivity index (χ4n) is 4.38. The van der Waals surface area contributed by atoms with Crippen LogP contribution in [-0.2, 0) is 25.7 Å². The molecule has 10 heteroatoms. The van der Waals surface area contributed by atoms with Gasteiger partial charge in [0.05, 0.1) is 28.9 Å². The first-order valence-corrected chi connectivity index (χ1v) is 13.5. The fourth-order valence-corrected chi connectivity index (χ4v) is 6.37. The Morgan fingerprint density at radius 3 is 2.62 bits per heavy atom. The summed E-state index contributed by atoms with van der Waals surface area (Å²) >= 11 is 3.20. The molecule has 8 nitrogen and oxygen atoms in total. The number of carbonyl (C=O) groups is 1. The van der Waals surface area contributed by atoms with Gasteiger partial charge in [0, 0.05) is 23.2 Å². The predicted molar refractivity (Wildman–Crippen MR) is 127 cm³/mol. The lowest BCUT2D eigenvalue weighted by molar-refractivity contribution is 0.0855. The summed E-state index contributed by atoms with van der Waals surface area (Å²) in [7, 11) is -4.09. The van der Waals surface area contributed by atoms with Gasteiger partial charge >= 0.3 is 0 Å². The highest BCUT2D eigenvalue weighted by atomic mass is 79.9. The first-order chi connectivity index (χ1) is 16.1. The minimum Gasteiger partial charge on any atom is -0.507 e. The summed E-state index contributed by atoms with van der Waals surface area (Å²) in [5.41, 5.74) is -0.403. The van der Waals surface area contributed by atoms with Crippen LogP contribution in [0.25, 0.3) is 0 Å². The second-order valence-electron chi connectivity index (χ2n) is 8.80. The van der Waals surface area contributed by atoms with Crippen molar-refractivity contribution in [1.29, 1.82) is 5.26 Å². The van der Waals surface area contributed by atoms with E-state index in [0.717, 1.165) is 19.3 Å². The number of hydrogen-bond acceptors (Lipinski definition) is 7. The van der Waals surface area contributed by atoms with Crippen molar-refractivity contribution in [2.45, 2.75) is 54.3 Å². The van der Waals surface area contributed by atoms with Gasteiger partial charge in [-0.1, -0.05) is 15.9 Å². The van der Waals surface area contributed by atoms with Crippen LogP contribution in [0.2, 0.25) is 0 Å². The zero-order chi connectivity index (χ0) is 24.5. The molecule has 1 aliphatic carbocycles. The minimum atomic E-state index is -4.09. The molecule has 2 aromatic carbocycles. The lowest BCUT2D eigenvalue weighted by Gasteiger charge is -2.36. The van der Waals surface area contributed by atoms with E-state index in [2.05, 4.69) is 27.3 Å². The van der Waals surface area contributed by atoms with E-state index in [1.165, 1.54) is 30.3 Å². The van der Waals surface area contributed by atoms with Gasteiger partial charge in [-0.15, -0.1) is 0 Å². The molecular formula is C24H25BrN2O6S. The number of carbonyl (C=O) groups excluding carboxylic acids is 1. The second-order valence-corrected chi connectivity index (χ2v) is 11.7. The fraction of sp³-hybridized carbons (Fsp3) is 0.417. The molecule has 1 saturated heterocycles. The summed E-state index contributed by atoms with van der Waals surface area (Å²) in [6.07, 6.45) is 3.65. The number of nitriles is 1. The van der Waals surface area contributed by atoms with Gasteiger partial charge < -0.3 is 20.3 Å². The number of halogens is 1. The highest BCUT2D eigenvalue weighted by molar-refractivity contribution is 9.10. The first-order valence-electron chi connectivity index (χ1n) is 11.0. The third kappa shape index (κ3) is 4.78. The summed E-state index contributed by atoms with van der Waals surface area (Å²) < 4.78 is 32.3. The van der Waals surface area contributed by atoms with Gasteiger partial charge in [0.15, 0.2) is 9.84 Å². The van der Waals surface area contributed by atoms with Gasteiger partial charge in [-0.2, -0.15) is 5.26 Å². The predicted octanol–water partition coefficient (Wildman–Crippen LogP) is 3.69. The number of sulfone groups is 1. The molecule has 2 aliphatic rings. The van der Waals surface area contributed by atoms with Crippen molar-refractivity contribution in [3.8, 4) is 17.6 Å². The molecule has 1 aliphatic heterocycles. The average molecular weight is 549 g/mol. The smallest absolute Gasteiger partial charge is 0.255 e. The van der Waals surface area contributed by atoms with Crippen LogP contribution < -0.4 is 5.32 Å². The van der Waals surface area contributed by atoms with Gasteiger partial charge in [-0.25, -0.2) is 8.42 Å². The van der Waals surface area contributed by atoms with Crippen LogP contribution in [0.3, 0.4) is 0 Å². The number of amides is 1. The number of phenols is 2. The number of benzene rings is 2. The van der Waals surface area contributed by atoms with Crippen molar-refractivity contribution in [1.82, 2.24) is 5.32 Å². The molecule has 1 heterocycles. The average Bonchev–Trinajstić information content (AvgIpc) is 3.29. The van der Waals surface area contributed by atoms with E-state index in [-0.39, 0.29) is 28.7 Å². The first kappa shape index (κ1) is 24.5. The van der Waals surface area contributed by atoms with Crippen molar-refractivity contribution in [2.75, 3.05) is 13.2 Å². The Balaban J connectivity index is 1.72. The third-order valence-electron chi connectivity index (χ3n) is 6.52. The molecule has 1 atom stereocenters. The molecule has 1 saturated carbocycles. The van der Waals surface area contributed by atoms with E-state index in [1.807, 2.05) is 0 Å². The summed E-state index contributed by atoms with van der Waals surface area (Å²) in [4.78, 5) is 12.7. The van der Waals surface area contributed by atoms with Crippen molar-refractivity contribution in [2.24, 2.45) is 0 Å². The maximum absolute atomic E-state index is 13.1. The molecule has 1 unspecified atom stereocenters. The topological polar surface area (TPSA) is 137 Å². The lowest BCUT2D eigenvalue weighted by Crippen LogP contribution is -2.34. The van der Waals surface area contributed by atoms with Crippen LogP contribution >= 0.6 is 15.9 Å². The molecule has 2 aromatic rings. The van der Waals surface area contributed by atoms with Crippen molar-refractivity contribution in [3.05, 3.63) is 51.5 Å². The molecule has 0 aromatic heterocycles. The quantitative estimate of drug-likeness (QED) is 0.479. The molecule has 3 N–H and O–H groups in total. The number of nitrogens with one attached hydrogen (secondary N) is 1. The molecule has 34 heavy (non-hydrogen) atoms. The van der Waals surface area contributed by atoms with Gasteiger partial charge in [0.1, 0.15) is 16.4 Å². The number of phenolic OH excluding ortho intramolecular Hbond substituents is 2. The number of aromatic hydroxyl groups is 2. The largest absolute Gasteiger partial charge is 0.507 e. The van der Waals surface area contributed by atoms with Gasteiger partial charge in [0.2, 0.25) is 0 Å². The molecule has 0 spiro atoms. The molecule has 180 valence electrons. The normalized spacial score (nSPS) is 19.2. The van der Waals surface area contributed by atoms with Crippen LogP contribution in [0.4, 0.5) is 0 Å². The Labute approximate surface area is 206 Å². The zero-order valence-electron chi connectivity index (χ0n) is 18.4. The Morgan fingerprint density at radius 1 is 1.24 bits per heavy atom. The molecule has 0 bridgehead atoms. The number of nitrogens with zero attached hydrogens (tertiary/aromatic N) is 1. The van der Waals surface area contributed by atoms with E-state index in [0.29, 0.717) is 29.5 Å². The SMILES string of the molecule is N#CC1(c2cc(CS(=O)(=O)c3cc(Br)ccc3O)c(O)c(C(=O)NCC3CCCO3)c2)CCC1. The number of rotatable bonds is 7. The van der Waals surface area contributed by atoms with Crippen LogP contribution in [0.5, 0.6) is 11.5 Å². The zero-order valence-corrected chi connectivity index (χ0v) is 20.8. The number of ether oxygens (including phenoxy) is 1. The van der Waals surface area contributed by atoms with E-state index < -0.39 is 38.4 Å². The maximum Gasteiger partial charge on any atom is 0.255 e. The number of hydrogen-bond donors (Lipinski definition) is 3. The van der Waals surface area contributed by atoms with E-state index in [9.17, 15) is 28.7 Å². The van der Waals surface area contributed by atoms with Crippen LogP contribution in [0.1, 0.15) is 53.6 Å².